The second-order valence-electron chi connectivity index (χ2n) is 6.37. The third-order valence-corrected chi connectivity index (χ3v) is 4.86. The predicted octanol–water partition coefficient (Wildman–Crippen LogP) is 2.17. The van der Waals surface area contributed by atoms with Crippen molar-refractivity contribution in [2.45, 2.75) is 31.7 Å². The Balaban J connectivity index is 1.67. The molecule has 0 N–H and O–H groups in total. The van der Waals surface area contributed by atoms with Crippen LogP contribution in [0.15, 0.2) is 24.3 Å². The topological polar surface area (TPSA) is 49.9 Å². The molecule has 2 heterocycles. The fraction of sp³-hybridized carbons (Fsp3) is 0.556. The molecule has 3 rings (SSSR count). The Bertz CT molecular complexity index is 564. The first-order chi connectivity index (χ1) is 11.2. The van der Waals surface area contributed by atoms with E-state index in [9.17, 15) is 9.59 Å². The molecule has 0 saturated carbocycles. The Morgan fingerprint density at radius 2 is 1.70 bits per heavy atom. The summed E-state index contributed by atoms with van der Waals surface area (Å²) in [6.45, 7) is 4.14. The van der Waals surface area contributed by atoms with Gasteiger partial charge in [-0.25, -0.2) is 4.79 Å². The van der Waals surface area contributed by atoms with Gasteiger partial charge >= 0.3 is 5.97 Å². The van der Waals surface area contributed by atoms with Gasteiger partial charge in [-0.05, 0) is 63.0 Å². The molecule has 5 heteroatoms. The minimum Gasteiger partial charge on any atom is -0.465 e. The van der Waals surface area contributed by atoms with E-state index in [2.05, 4.69) is 9.64 Å². The SMILES string of the molecule is COC(=O)c1ccc(C(=O)N2CCC[C@H]2CN2CCCC2)cc1. The Kier molecular flexibility index (Phi) is 4.96. The van der Waals surface area contributed by atoms with Gasteiger partial charge in [0.2, 0.25) is 0 Å². The maximum Gasteiger partial charge on any atom is 0.337 e. The summed E-state index contributed by atoms with van der Waals surface area (Å²) in [4.78, 5) is 28.7. The van der Waals surface area contributed by atoms with Gasteiger partial charge < -0.3 is 14.5 Å². The highest BCUT2D eigenvalue weighted by molar-refractivity contribution is 5.96. The molecular formula is C18H24N2O3. The quantitative estimate of drug-likeness (QED) is 0.799. The van der Waals surface area contributed by atoms with Crippen LogP contribution in [0.2, 0.25) is 0 Å². The standard InChI is InChI=1S/C18H24N2O3/c1-23-18(22)15-8-6-14(7-9-15)17(21)20-12-4-5-16(20)13-19-10-2-3-11-19/h6-9,16H,2-5,10-13H2,1H3/t16-/m0/s1. The molecule has 0 aliphatic carbocycles. The number of carbonyl (C=O) groups is 2. The number of carbonyl (C=O) groups excluding carboxylic acids is 2. The average molecular weight is 316 g/mol. The maximum atomic E-state index is 12.8. The number of amides is 1. The van der Waals surface area contributed by atoms with E-state index in [4.69, 9.17) is 0 Å². The van der Waals surface area contributed by atoms with Crippen molar-refractivity contribution in [3.8, 4) is 0 Å². The first-order valence-corrected chi connectivity index (χ1v) is 8.41. The summed E-state index contributed by atoms with van der Waals surface area (Å²) in [7, 11) is 1.36. The number of benzene rings is 1. The fourth-order valence-corrected chi connectivity index (χ4v) is 3.59. The lowest BCUT2D eigenvalue weighted by Gasteiger charge is -2.28. The molecule has 23 heavy (non-hydrogen) atoms. The van der Waals surface area contributed by atoms with E-state index in [0.717, 1.165) is 39.0 Å². The molecule has 2 fully saturated rings. The highest BCUT2D eigenvalue weighted by Crippen LogP contribution is 2.22. The van der Waals surface area contributed by atoms with E-state index in [1.165, 1.54) is 20.0 Å². The van der Waals surface area contributed by atoms with Crippen LogP contribution >= 0.6 is 0 Å². The lowest BCUT2D eigenvalue weighted by Crippen LogP contribution is -2.42. The minimum absolute atomic E-state index is 0.0723. The van der Waals surface area contributed by atoms with Crippen molar-refractivity contribution in [2.75, 3.05) is 33.3 Å². The molecule has 124 valence electrons. The normalized spacial score (nSPS) is 21.6. The second kappa shape index (κ2) is 7.13. The molecule has 0 radical (unpaired) electrons. The molecule has 0 unspecified atom stereocenters. The summed E-state index contributed by atoms with van der Waals surface area (Å²) < 4.78 is 4.69. The van der Waals surface area contributed by atoms with Crippen molar-refractivity contribution in [1.82, 2.24) is 9.80 Å². The van der Waals surface area contributed by atoms with Gasteiger partial charge in [0.25, 0.3) is 5.91 Å². The van der Waals surface area contributed by atoms with Crippen molar-refractivity contribution in [3.63, 3.8) is 0 Å². The van der Waals surface area contributed by atoms with Crippen LogP contribution in [0, 0.1) is 0 Å². The molecule has 1 atom stereocenters. The number of methoxy groups -OCH3 is 1. The van der Waals surface area contributed by atoms with Crippen molar-refractivity contribution < 1.29 is 14.3 Å². The van der Waals surface area contributed by atoms with E-state index in [1.54, 1.807) is 24.3 Å². The van der Waals surface area contributed by atoms with Crippen LogP contribution in [0.25, 0.3) is 0 Å². The van der Waals surface area contributed by atoms with E-state index in [0.29, 0.717) is 17.2 Å². The van der Waals surface area contributed by atoms with Gasteiger partial charge in [0.05, 0.1) is 12.7 Å². The van der Waals surface area contributed by atoms with E-state index in [1.807, 2.05) is 4.90 Å². The molecule has 0 bridgehead atoms. The molecule has 1 aromatic carbocycles. The lowest BCUT2D eigenvalue weighted by atomic mass is 10.1. The summed E-state index contributed by atoms with van der Waals surface area (Å²) in [5.74, 6) is -0.305. The Labute approximate surface area is 137 Å². The zero-order valence-electron chi connectivity index (χ0n) is 13.7. The van der Waals surface area contributed by atoms with Gasteiger partial charge in [0.1, 0.15) is 0 Å². The van der Waals surface area contributed by atoms with Crippen molar-refractivity contribution in [2.24, 2.45) is 0 Å². The van der Waals surface area contributed by atoms with Crippen LogP contribution in [0.3, 0.4) is 0 Å². The molecule has 0 aromatic heterocycles. The second-order valence-corrected chi connectivity index (χ2v) is 6.37. The summed E-state index contributed by atoms with van der Waals surface area (Å²) in [6, 6.07) is 7.08. The first kappa shape index (κ1) is 16.0. The number of hydrogen-bond acceptors (Lipinski definition) is 4. The molecular weight excluding hydrogens is 292 g/mol. The number of esters is 1. The van der Waals surface area contributed by atoms with Crippen LogP contribution in [0.1, 0.15) is 46.4 Å². The van der Waals surface area contributed by atoms with E-state index < -0.39 is 0 Å². The van der Waals surface area contributed by atoms with E-state index >= 15 is 0 Å². The third kappa shape index (κ3) is 3.55. The third-order valence-electron chi connectivity index (χ3n) is 4.86. The first-order valence-electron chi connectivity index (χ1n) is 8.41. The number of rotatable bonds is 4. The van der Waals surface area contributed by atoms with Crippen molar-refractivity contribution in [3.05, 3.63) is 35.4 Å². The molecule has 2 aliphatic rings. The number of nitrogens with zero attached hydrogens (tertiary/aromatic N) is 2. The van der Waals surface area contributed by atoms with E-state index in [-0.39, 0.29) is 11.9 Å². The largest absolute Gasteiger partial charge is 0.465 e. The Morgan fingerprint density at radius 3 is 2.35 bits per heavy atom. The molecule has 1 aromatic rings. The molecule has 1 amide bonds. The van der Waals surface area contributed by atoms with Crippen LogP contribution < -0.4 is 0 Å². The van der Waals surface area contributed by atoms with Gasteiger partial charge in [0.15, 0.2) is 0 Å². The smallest absolute Gasteiger partial charge is 0.337 e. The van der Waals surface area contributed by atoms with Gasteiger partial charge in [0, 0.05) is 24.7 Å². The molecule has 2 aliphatic heterocycles. The van der Waals surface area contributed by atoms with Crippen LogP contribution in [0.4, 0.5) is 0 Å². The van der Waals surface area contributed by atoms with Crippen molar-refractivity contribution >= 4 is 11.9 Å². The fourth-order valence-electron chi connectivity index (χ4n) is 3.59. The lowest BCUT2D eigenvalue weighted by molar-refractivity contribution is 0.0599. The summed E-state index contributed by atoms with van der Waals surface area (Å²) in [6.07, 6.45) is 4.71. The van der Waals surface area contributed by atoms with Crippen LogP contribution in [-0.4, -0.2) is 61.0 Å². The highest BCUT2D eigenvalue weighted by Gasteiger charge is 2.31. The summed E-state index contributed by atoms with van der Waals surface area (Å²) in [5, 5.41) is 0. The van der Waals surface area contributed by atoms with Gasteiger partial charge in [-0.1, -0.05) is 0 Å². The maximum absolute atomic E-state index is 12.8. The number of hydrogen-bond donors (Lipinski definition) is 0. The summed E-state index contributed by atoms with van der Waals surface area (Å²) >= 11 is 0. The Hall–Kier alpha value is -1.88. The molecule has 0 spiro atoms. The minimum atomic E-state index is -0.378. The van der Waals surface area contributed by atoms with Crippen LogP contribution in [0.5, 0.6) is 0 Å². The number of ether oxygens (including phenoxy) is 1. The zero-order valence-corrected chi connectivity index (χ0v) is 13.7. The number of likely N-dealkylation sites (tertiary alicyclic amines) is 2. The highest BCUT2D eigenvalue weighted by atomic mass is 16.5. The van der Waals surface area contributed by atoms with Gasteiger partial charge in [-0.3, -0.25) is 4.79 Å². The van der Waals surface area contributed by atoms with Gasteiger partial charge in [-0.2, -0.15) is 0 Å². The molecule has 5 nitrogen and oxygen atoms in total. The average Bonchev–Trinajstić information content (AvgIpc) is 3.26. The van der Waals surface area contributed by atoms with Crippen LogP contribution in [-0.2, 0) is 4.74 Å². The monoisotopic (exact) mass is 316 g/mol. The predicted molar refractivity (Wildman–Crippen MR) is 87.5 cm³/mol. The molecule has 2 saturated heterocycles. The summed E-state index contributed by atoms with van der Waals surface area (Å²) in [5.41, 5.74) is 1.12. The van der Waals surface area contributed by atoms with Crippen molar-refractivity contribution in [1.29, 1.82) is 0 Å². The zero-order chi connectivity index (χ0) is 16.2. The Morgan fingerprint density at radius 1 is 1.04 bits per heavy atom. The van der Waals surface area contributed by atoms with Gasteiger partial charge in [-0.15, -0.1) is 0 Å².